The average Bonchev–Trinajstić information content (AvgIpc) is 3.30. The van der Waals surface area contributed by atoms with Gasteiger partial charge in [0.1, 0.15) is 0 Å². The Morgan fingerprint density at radius 2 is 1.91 bits per heavy atom. The molecular weight excluding hydrogens is 456 g/mol. The third-order valence-corrected chi connectivity index (χ3v) is 6.63. The Morgan fingerprint density at radius 3 is 2.51 bits per heavy atom. The molecule has 1 fully saturated rings. The second kappa shape index (κ2) is 15.3. The first-order chi connectivity index (χ1) is 16.8. The van der Waals surface area contributed by atoms with Crippen LogP contribution in [-0.2, 0) is 4.79 Å². The topological polar surface area (TPSA) is 78.4 Å². The van der Waals surface area contributed by atoms with E-state index in [2.05, 4.69) is 55.2 Å². The van der Waals surface area contributed by atoms with Crippen molar-refractivity contribution in [2.75, 3.05) is 6.54 Å². The zero-order valence-electron chi connectivity index (χ0n) is 20.7. The van der Waals surface area contributed by atoms with E-state index >= 15 is 0 Å². The number of benzene rings is 2. The fourth-order valence-corrected chi connectivity index (χ4v) is 4.57. The lowest BCUT2D eigenvalue weighted by atomic mass is 9.95. The van der Waals surface area contributed by atoms with Crippen LogP contribution in [0.25, 0.3) is 0 Å². The fraction of sp³-hybridized carbons (Fsp3) is 0.448. The van der Waals surface area contributed by atoms with Crippen molar-refractivity contribution in [3.05, 3.63) is 65.7 Å². The highest BCUT2D eigenvalue weighted by Crippen LogP contribution is 2.28. The van der Waals surface area contributed by atoms with Crippen LogP contribution in [-0.4, -0.2) is 35.6 Å². The van der Waals surface area contributed by atoms with Gasteiger partial charge in [0.2, 0.25) is 5.91 Å². The van der Waals surface area contributed by atoms with Crippen LogP contribution in [0, 0.1) is 31.1 Å². The second-order valence-electron chi connectivity index (χ2n) is 9.12. The zero-order valence-corrected chi connectivity index (χ0v) is 21.6. The summed E-state index contributed by atoms with van der Waals surface area (Å²) < 4.78 is 0. The number of rotatable bonds is 9. The number of carbonyl (C=O) groups excluding carboxylic acids is 2. The number of terminal acetylenes is 1. The highest BCUT2D eigenvalue weighted by Gasteiger charge is 2.30. The van der Waals surface area contributed by atoms with Crippen molar-refractivity contribution in [2.24, 2.45) is 11.8 Å². The van der Waals surface area contributed by atoms with Crippen LogP contribution in [0.1, 0.15) is 61.4 Å². The molecule has 4 unspecified atom stereocenters. The van der Waals surface area contributed by atoms with Gasteiger partial charge in [-0.1, -0.05) is 61.7 Å². The molecule has 0 aliphatic heterocycles. The van der Waals surface area contributed by atoms with Crippen LogP contribution >= 0.6 is 12.6 Å². The van der Waals surface area contributed by atoms with Gasteiger partial charge in [0.05, 0.1) is 12.0 Å². The Labute approximate surface area is 215 Å². The molecule has 6 heteroatoms. The van der Waals surface area contributed by atoms with E-state index in [0.717, 1.165) is 25.7 Å². The summed E-state index contributed by atoms with van der Waals surface area (Å²) >= 11 is 4.22. The molecule has 2 aromatic carbocycles. The number of aliphatic hydroxyl groups is 1. The Balaban J connectivity index is 0.000000527. The van der Waals surface area contributed by atoms with Crippen LogP contribution in [0.3, 0.4) is 0 Å². The van der Waals surface area contributed by atoms with Crippen molar-refractivity contribution in [3.63, 3.8) is 0 Å². The minimum Gasteiger partial charge on any atom is -0.391 e. The predicted octanol–water partition coefficient (Wildman–Crippen LogP) is 4.79. The Morgan fingerprint density at radius 1 is 1.17 bits per heavy atom. The summed E-state index contributed by atoms with van der Waals surface area (Å²) in [6.07, 6.45) is 9.38. The molecule has 0 spiro atoms. The Kier molecular flexibility index (Phi) is 12.4. The van der Waals surface area contributed by atoms with Gasteiger partial charge in [-0.25, -0.2) is 0 Å². The second-order valence-corrected chi connectivity index (χ2v) is 9.64. The zero-order chi connectivity index (χ0) is 25.6. The van der Waals surface area contributed by atoms with E-state index in [1.165, 1.54) is 5.56 Å². The molecule has 0 radical (unpaired) electrons. The lowest BCUT2D eigenvalue weighted by Gasteiger charge is -2.24. The molecule has 0 heterocycles. The number of nitrogens with one attached hydrogen (secondary N) is 2. The van der Waals surface area contributed by atoms with Gasteiger partial charge in [-0.05, 0) is 50.3 Å². The third kappa shape index (κ3) is 10.2. The van der Waals surface area contributed by atoms with Crippen LogP contribution in [0.5, 0.6) is 0 Å². The predicted molar refractivity (Wildman–Crippen MR) is 144 cm³/mol. The highest BCUT2D eigenvalue weighted by molar-refractivity contribution is 7.80. The van der Waals surface area contributed by atoms with E-state index in [1.54, 1.807) is 24.3 Å². The third-order valence-electron chi connectivity index (χ3n) is 6.35. The van der Waals surface area contributed by atoms with Gasteiger partial charge in [-0.2, -0.15) is 0 Å². The summed E-state index contributed by atoms with van der Waals surface area (Å²) in [5, 5.41) is 16.1. The standard InChI is InChI=1S/C22H30N2O3S.C7H8/c1-3-7-16(22(27)24-20-11-6-8-15(20)4-2)12-18(25)14-23-21(26)17-9-5-10-19(28)13-17;1-7-5-3-2-4-6-7/h1,5,9-10,13,15-16,18,20,25,28H,4,6-8,11-12,14H2,2H3,(H,23,26)(H,24,27);2-6H,1H3. The maximum Gasteiger partial charge on any atom is 0.251 e. The van der Waals surface area contributed by atoms with E-state index in [-0.39, 0.29) is 37.2 Å². The van der Waals surface area contributed by atoms with Crippen molar-refractivity contribution < 1.29 is 14.7 Å². The molecule has 2 aromatic rings. The minimum atomic E-state index is -0.849. The molecule has 1 aliphatic rings. The van der Waals surface area contributed by atoms with Gasteiger partial charge in [-0.15, -0.1) is 25.0 Å². The number of thiol groups is 1. The molecule has 0 bridgehead atoms. The number of hydrogen-bond donors (Lipinski definition) is 4. The van der Waals surface area contributed by atoms with E-state index < -0.39 is 12.0 Å². The first kappa shape index (κ1) is 28.5. The first-order valence-electron chi connectivity index (χ1n) is 12.3. The normalized spacial score (nSPS) is 18.4. The van der Waals surface area contributed by atoms with Crippen LogP contribution < -0.4 is 10.6 Å². The highest BCUT2D eigenvalue weighted by atomic mass is 32.1. The molecule has 5 nitrogen and oxygen atoms in total. The molecule has 0 saturated heterocycles. The Hall–Kier alpha value is -2.75. The van der Waals surface area contributed by atoms with Crippen molar-refractivity contribution >= 4 is 24.4 Å². The molecule has 2 amide bonds. The number of aliphatic hydroxyl groups excluding tert-OH is 1. The number of carbonyl (C=O) groups is 2. The van der Waals surface area contributed by atoms with Crippen LogP contribution in [0.2, 0.25) is 0 Å². The van der Waals surface area contributed by atoms with Gasteiger partial charge in [-0.3, -0.25) is 9.59 Å². The lowest BCUT2D eigenvalue weighted by Crippen LogP contribution is -2.42. The van der Waals surface area contributed by atoms with E-state index in [0.29, 0.717) is 16.4 Å². The number of aryl methyl sites for hydroxylation is 1. The lowest BCUT2D eigenvalue weighted by molar-refractivity contribution is -0.126. The van der Waals surface area contributed by atoms with Gasteiger partial charge >= 0.3 is 0 Å². The maximum atomic E-state index is 12.7. The number of amides is 2. The summed E-state index contributed by atoms with van der Waals surface area (Å²) in [7, 11) is 0. The summed E-state index contributed by atoms with van der Waals surface area (Å²) in [4.78, 5) is 25.5. The average molecular weight is 495 g/mol. The summed E-state index contributed by atoms with van der Waals surface area (Å²) in [5.41, 5.74) is 1.80. The summed E-state index contributed by atoms with van der Waals surface area (Å²) in [5.74, 6) is 2.20. The van der Waals surface area contributed by atoms with Gasteiger partial charge in [0.15, 0.2) is 0 Å². The van der Waals surface area contributed by atoms with Gasteiger partial charge < -0.3 is 15.7 Å². The SMILES string of the molecule is C#CCC(CC(O)CNC(=O)c1cccc(S)c1)C(=O)NC1CCCC1CC.Cc1ccccc1. The fourth-order valence-electron chi connectivity index (χ4n) is 4.35. The van der Waals surface area contributed by atoms with E-state index in [4.69, 9.17) is 6.42 Å². The quantitative estimate of drug-likeness (QED) is 0.299. The van der Waals surface area contributed by atoms with Crippen molar-refractivity contribution in [1.82, 2.24) is 10.6 Å². The molecule has 4 atom stereocenters. The van der Waals surface area contributed by atoms with E-state index in [1.807, 2.05) is 18.2 Å². The first-order valence-corrected chi connectivity index (χ1v) is 12.8. The van der Waals surface area contributed by atoms with Crippen molar-refractivity contribution in [2.45, 2.75) is 69.4 Å². The van der Waals surface area contributed by atoms with Crippen molar-refractivity contribution in [3.8, 4) is 12.3 Å². The molecule has 3 rings (SSSR count). The minimum absolute atomic E-state index is 0.0605. The molecule has 35 heavy (non-hydrogen) atoms. The molecule has 1 saturated carbocycles. The van der Waals surface area contributed by atoms with Crippen molar-refractivity contribution in [1.29, 1.82) is 0 Å². The summed E-state index contributed by atoms with van der Waals surface area (Å²) in [6.45, 7) is 4.29. The molecule has 0 aromatic heterocycles. The van der Waals surface area contributed by atoms with Crippen LogP contribution in [0.4, 0.5) is 0 Å². The molecule has 188 valence electrons. The van der Waals surface area contributed by atoms with E-state index in [9.17, 15) is 14.7 Å². The summed E-state index contributed by atoms with van der Waals surface area (Å²) in [6, 6.07) is 17.3. The number of hydrogen-bond acceptors (Lipinski definition) is 4. The molecular formula is C29H38N2O3S. The monoisotopic (exact) mass is 494 g/mol. The smallest absolute Gasteiger partial charge is 0.251 e. The molecule has 1 aliphatic carbocycles. The maximum absolute atomic E-state index is 12.7. The Bertz CT molecular complexity index is 973. The van der Waals surface area contributed by atoms with Crippen LogP contribution in [0.15, 0.2) is 59.5 Å². The molecule has 3 N–H and O–H groups in total. The largest absolute Gasteiger partial charge is 0.391 e. The van der Waals surface area contributed by atoms with Gasteiger partial charge in [0.25, 0.3) is 5.91 Å². The van der Waals surface area contributed by atoms with Gasteiger partial charge in [0, 0.05) is 29.5 Å².